The first-order chi connectivity index (χ1) is 11.0. The smallest absolute Gasteiger partial charge is 0.308 e. The van der Waals surface area contributed by atoms with Crippen molar-refractivity contribution in [2.24, 2.45) is 11.8 Å². The molecule has 5 heteroatoms. The van der Waals surface area contributed by atoms with E-state index in [-0.39, 0.29) is 23.7 Å². The van der Waals surface area contributed by atoms with Gasteiger partial charge in [-0.25, -0.2) is 4.39 Å². The van der Waals surface area contributed by atoms with Crippen LogP contribution in [0.1, 0.15) is 44.6 Å². The molecule has 1 aromatic rings. The van der Waals surface area contributed by atoms with Gasteiger partial charge in [-0.3, -0.25) is 9.59 Å². The van der Waals surface area contributed by atoms with Crippen LogP contribution in [0, 0.1) is 17.7 Å². The van der Waals surface area contributed by atoms with Crippen LogP contribution in [0.15, 0.2) is 24.3 Å². The molecule has 0 aliphatic heterocycles. The van der Waals surface area contributed by atoms with Crippen molar-refractivity contribution in [1.29, 1.82) is 0 Å². The number of amides is 1. The van der Waals surface area contributed by atoms with Crippen molar-refractivity contribution in [3.05, 3.63) is 35.6 Å². The van der Waals surface area contributed by atoms with Gasteiger partial charge in [0.2, 0.25) is 5.91 Å². The van der Waals surface area contributed by atoms with Crippen molar-refractivity contribution >= 4 is 11.9 Å². The Balaban J connectivity index is 1.97. The van der Waals surface area contributed by atoms with E-state index in [0.717, 1.165) is 24.8 Å². The quantitative estimate of drug-likeness (QED) is 0.819. The molecule has 23 heavy (non-hydrogen) atoms. The molecule has 0 spiro atoms. The highest BCUT2D eigenvalue weighted by molar-refractivity contribution is 5.80. The monoisotopic (exact) mass is 321 g/mol. The van der Waals surface area contributed by atoms with E-state index in [1.807, 2.05) is 0 Å². The van der Waals surface area contributed by atoms with Gasteiger partial charge < -0.3 is 10.4 Å². The van der Waals surface area contributed by atoms with Crippen LogP contribution in [0.25, 0.3) is 0 Å². The lowest BCUT2D eigenvalue weighted by molar-refractivity contribution is -0.143. The number of hydrogen-bond donors (Lipinski definition) is 2. The predicted octanol–water partition coefficient (Wildman–Crippen LogP) is 3.15. The molecule has 126 valence electrons. The van der Waals surface area contributed by atoms with Crippen LogP contribution in [0.2, 0.25) is 0 Å². The van der Waals surface area contributed by atoms with Crippen molar-refractivity contribution in [2.75, 3.05) is 0 Å². The number of carbonyl (C=O) groups is 2. The highest BCUT2D eigenvalue weighted by Gasteiger charge is 2.31. The first-order valence-electron chi connectivity index (χ1n) is 8.25. The number of carboxylic acid groups (broad SMARTS) is 1. The van der Waals surface area contributed by atoms with Gasteiger partial charge in [-0.1, -0.05) is 38.3 Å². The summed E-state index contributed by atoms with van der Waals surface area (Å²) in [5.74, 6) is -2.15. The summed E-state index contributed by atoms with van der Waals surface area (Å²) in [6, 6.07) is 5.91. The maximum Gasteiger partial charge on any atom is 0.308 e. The molecule has 0 heterocycles. The molecule has 1 aliphatic rings. The Morgan fingerprint density at radius 3 is 2.74 bits per heavy atom. The maximum absolute atomic E-state index is 13.2. The summed E-state index contributed by atoms with van der Waals surface area (Å²) in [6.07, 6.45) is 4.59. The highest BCUT2D eigenvalue weighted by atomic mass is 19.1. The number of carboxylic acids is 1. The fourth-order valence-corrected chi connectivity index (χ4v) is 3.21. The molecule has 1 aromatic carbocycles. The van der Waals surface area contributed by atoms with Gasteiger partial charge in [-0.2, -0.15) is 0 Å². The zero-order valence-corrected chi connectivity index (χ0v) is 13.4. The van der Waals surface area contributed by atoms with Gasteiger partial charge in [-0.15, -0.1) is 0 Å². The van der Waals surface area contributed by atoms with E-state index in [1.54, 1.807) is 19.1 Å². The number of carbonyl (C=O) groups excluding carboxylic acids is 1. The molecule has 4 nitrogen and oxygen atoms in total. The lowest BCUT2D eigenvalue weighted by atomic mass is 9.93. The molecule has 1 unspecified atom stereocenters. The third-order valence-corrected chi connectivity index (χ3v) is 4.54. The van der Waals surface area contributed by atoms with Crippen LogP contribution in [-0.4, -0.2) is 23.0 Å². The molecule has 2 rings (SSSR count). The largest absolute Gasteiger partial charge is 0.481 e. The summed E-state index contributed by atoms with van der Waals surface area (Å²) in [4.78, 5) is 23.8. The van der Waals surface area contributed by atoms with E-state index in [4.69, 9.17) is 0 Å². The summed E-state index contributed by atoms with van der Waals surface area (Å²) < 4.78 is 13.2. The third-order valence-electron chi connectivity index (χ3n) is 4.54. The second-order valence-electron chi connectivity index (χ2n) is 6.43. The molecule has 0 radical (unpaired) electrons. The molecule has 0 saturated heterocycles. The number of aliphatic carboxylic acids is 1. The van der Waals surface area contributed by atoms with E-state index in [1.165, 1.54) is 12.1 Å². The molecule has 1 aliphatic carbocycles. The lowest BCUT2D eigenvalue weighted by Crippen LogP contribution is -2.45. The summed E-state index contributed by atoms with van der Waals surface area (Å²) in [6.45, 7) is 1.78. The zero-order valence-electron chi connectivity index (χ0n) is 13.4. The van der Waals surface area contributed by atoms with Crippen LogP contribution < -0.4 is 5.32 Å². The lowest BCUT2D eigenvalue weighted by Gasteiger charge is -2.24. The minimum atomic E-state index is -0.838. The Morgan fingerprint density at radius 1 is 1.30 bits per heavy atom. The molecule has 3 atom stereocenters. The van der Waals surface area contributed by atoms with Gasteiger partial charge in [-0.05, 0) is 37.0 Å². The van der Waals surface area contributed by atoms with Gasteiger partial charge >= 0.3 is 5.97 Å². The van der Waals surface area contributed by atoms with E-state index in [2.05, 4.69) is 5.32 Å². The Bertz CT molecular complexity index is 561. The standard InChI is InChI=1S/C18H24FNO3/c1-12(10-13-6-5-7-14(19)11-13)17(21)20-16-9-4-2-3-8-15(16)18(22)23/h5-7,11-12,15-16H,2-4,8-10H2,1H3,(H,20,21)(H,22,23)/t12?,15-,16+/m1/s1. The van der Waals surface area contributed by atoms with Crippen molar-refractivity contribution in [3.63, 3.8) is 0 Å². The average Bonchev–Trinajstić information content (AvgIpc) is 2.72. The van der Waals surface area contributed by atoms with E-state index >= 15 is 0 Å². The van der Waals surface area contributed by atoms with Gasteiger partial charge in [0.25, 0.3) is 0 Å². The average molecular weight is 321 g/mol. The fraction of sp³-hybridized carbons (Fsp3) is 0.556. The summed E-state index contributed by atoms with van der Waals surface area (Å²) in [5, 5.41) is 12.3. The molecular formula is C18H24FNO3. The SMILES string of the molecule is CC(Cc1cccc(F)c1)C(=O)N[C@H]1CCCCC[C@H]1C(=O)O. The predicted molar refractivity (Wildman–Crippen MR) is 85.4 cm³/mol. The number of nitrogens with one attached hydrogen (secondary N) is 1. The molecular weight excluding hydrogens is 297 g/mol. The van der Waals surface area contributed by atoms with Gasteiger partial charge in [0, 0.05) is 12.0 Å². The number of hydrogen-bond acceptors (Lipinski definition) is 2. The van der Waals surface area contributed by atoms with Crippen molar-refractivity contribution in [1.82, 2.24) is 5.32 Å². The van der Waals surface area contributed by atoms with Crippen LogP contribution in [0.3, 0.4) is 0 Å². The fourth-order valence-electron chi connectivity index (χ4n) is 3.21. The summed E-state index contributed by atoms with van der Waals surface area (Å²) >= 11 is 0. The molecule has 0 bridgehead atoms. The topological polar surface area (TPSA) is 66.4 Å². The van der Waals surface area contributed by atoms with E-state index < -0.39 is 11.9 Å². The normalized spacial score (nSPS) is 22.9. The number of rotatable bonds is 5. The Kier molecular flexibility index (Phi) is 6.13. The van der Waals surface area contributed by atoms with Gasteiger partial charge in [0.1, 0.15) is 5.82 Å². The third kappa shape index (κ3) is 5.05. The minimum absolute atomic E-state index is 0.160. The van der Waals surface area contributed by atoms with Crippen LogP contribution >= 0.6 is 0 Å². The number of benzene rings is 1. The Morgan fingerprint density at radius 2 is 2.04 bits per heavy atom. The van der Waals surface area contributed by atoms with E-state index in [0.29, 0.717) is 19.3 Å². The second kappa shape index (κ2) is 8.09. The summed E-state index contributed by atoms with van der Waals surface area (Å²) in [7, 11) is 0. The molecule has 1 saturated carbocycles. The first kappa shape index (κ1) is 17.4. The summed E-state index contributed by atoms with van der Waals surface area (Å²) in [5.41, 5.74) is 0.767. The zero-order chi connectivity index (χ0) is 16.8. The molecule has 1 amide bonds. The van der Waals surface area contributed by atoms with Crippen LogP contribution in [0.5, 0.6) is 0 Å². The molecule has 1 fully saturated rings. The molecule has 0 aromatic heterocycles. The van der Waals surface area contributed by atoms with Crippen molar-refractivity contribution in [2.45, 2.75) is 51.5 Å². The van der Waals surface area contributed by atoms with Gasteiger partial charge in [0.05, 0.1) is 5.92 Å². The molecule has 2 N–H and O–H groups in total. The van der Waals surface area contributed by atoms with Crippen LogP contribution in [-0.2, 0) is 16.0 Å². The van der Waals surface area contributed by atoms with E-state index in [9.17, 15) is 19.1 Å². The van der Waals surface area contributed by atoms with Gasteiger partial charge in [0.15, 0.2) is 0 Å². The number of halogens is 1. The van der Waals surface area contributed by atoms with Crippen LogP contribution in [0.4, 0.5) is 4.39 Å². The first-order valence-corrected chi connectivity index (χ1v) is 8.25. The maximum atomic E-state index is 13.2. The minimum Gasteiger partial charge on any atom is -0.481 e. The van der Waals surface area contributed by atoms with Crippen molar-refractivity contribution in [3.8, 4) is 0 Å². The highest BCUT2D eigenvalue weighted by Crippen LogP contribution is 2.24. The Hall–Kier alpha value is -1.91. The van der Waals surface area contributed by atoms with Crippen molar-refractivity contribution < 1.29 is 19.1 Å². The Labute approximate surface area is 136 Å². The second-order valence-corrected chi connectivity index (χ2v) is 6.43.